The third kappa shape index (κ3) is 2.67. The van der Waals surface area contributed by atoms with Crippen molar-refractivity contribution in [2.45, 2.75) is 0 Å². The molecule has 2 aromatic heterocycles. The van der Waals surface area contributed by atoms with Crippen LogP contribution in [0.25, 0.3) is 5.82 Å². The summed E-state index contributed by atoms with van der Waals surface area (Å²) in [6.07, 6.45) is 3.39. The van der Waals surface area contributed by atoms with E-state index in [2.05, 4.69) is 15.4 Å². The van der Waals surface area contributed by atoms with Gasteiger partial charge in [-0.05, 0) is 18.2 Å². The summed E-state index contributed by atoms with van der Waals surface area (Å²) in [7, 11) is 0. The van der Waals surface area contributed by atoms with Crippen molar-refractivity contribution in [1.29, 1.82) is 0 Å². The molecule has 0 bridgehead atoms. The number of aliphatic hydroxyl groups is 1. The molecule has 0 aliphatic rings. The number of aromatic nitrogens is 3. The fourth-order valence-corrected chi connectivity index (χ4v) is 1.34. The van der Waals surface area contributed by atoms with Gasteiger partial charge in [-0.25, -0.2) is 9.67 Å². The van der Waals surface area contributed by atoms with Crippen molar-refractivity contribution in [3.05, 3.63) is 42.4 Å². The summed E-state index contributed by atoms with van der Waals surface area (Å²) in [5, 5.41) is 15.2. The van der Waals surface area contributed by atoms with Crippen molar-refractivity contribution in [3.8, 4) is 5.82 Å². The van der Waals surface area contributed by atoms with Crippen molar-refractivity contribution < 1.29 is 9.90 Å². The van der Waals surface area contributed by atoms with Gasteiger partial charge in [0.2, 0.25) is 0 Å². The van der Waals surface area contributed by atoms with E-state index in [4.69, 9.17) is 5.11 Å². The molecule has 88 valence electrons. The van der Waals surface area contributed by atoms with Crippen LogP contribution < -0.4 is 5.32 Å². The van der Waals surface area contributed by atoms with Crippen molar-refractivity contribution in [3.63, 3.8) is 0 Å². The number of aliphatic hydroxyl groups excluding tert-OH is 1. The number of hydrogen-bond acceptors (Lipinski definition) is 4. The van der Waals surface area contributed by atoms with Crippen molar-refractivity contribution in [1.82, 2.24) is 20.1 Å². The average Bonchev–Trinajstić information content (AvgIpc) is 2.90. The first kappa shape index (κ1) is 11.3. The molecule has 0 unspecified atom stereocenters. The zero-order valence-corrected chi connectivity index (χ0v) is 9.08. The molecule has 2 aromatic rings. The smallest absolute Gasteiger partial charge is 0.270 e. The molecule has 6 heteroatoms. The molecule has 17 heavy (non-hydrogen) atoms. The maximum atomic E-state index is 11.6. The molecule has 2 rings (SSSR count). The van der Waals surface area contributed by atoms with Crippen LogP contribution in [0, 0.1) is 0 Å². The van der Waals surface area contributed by atoms with Crippen molar-refractivity contribution in [2.75, 3.05) is 13.2 Å². The highest BCUT2D eigenvalue weighted by Gasteiger charge is 2.07. The van der Waals surface area contributed by atoms with E-state index < -0.39 is 0 Å². The third-order valence-corrected chi connectivity index (χ3v) is 2.10. The number of hydrogen-bond donors (Lipinski definition) is 2. The Morgan fingerprint density at radius 2 is 2.29 bits per heavy atom. The molecule has 6 nitrogen and oxygen atoms in total. The van der Waals surface area contributed by atoms with E-state index in [0.29, 0.717) is 11.5 Å². The average molecular weight is 232 g/mol. The molecule has 0 aliphatic heterocycles. The van der Waals surface area contributed by atoms with E-state index in [9.17, 15) is 4.79 Å². The molecule has 1 amide bonds. The van der Waals surface area contributed by atoms with Crippen LogP contribution in [0.4, 0.5) is 0 Å². The molecular formula is C11H12N4O2. The molecule has 0 aliphatic carbocycles. The second-order valence-electron chi connectivity index (χ2n) is 3.31. The van der Waals surface area contributed by atoms with Crippen LogP contribution in [0.5, 0.6) is 0 Å². The number of rotatable bonds is 4. The Balaban J connectivity index is 2.20. The summed E-state index contributed by atoms with van der Waals surface area (Å²) in [6.45, 7) is 0.122. The van der Waals surface area contributed by atoms with Gasteiger partial charge in [-0.2, -0.15) is 5.10 Å². The van der Waals surface area contributed by atoms with Gasteiger partial charge in [-0.15, -0.1) is 0 Å². The largest absolute Gasteiger partial charge is 0.395 e. The predicted molar refractivity (Wildman–Crippen MR) is 60.8 cm³/mol. The van der Waals surface area contributed by atoms with E-state index in [1.807, 2.05) is 0 Å². The number of nitrogens with zero attached hydrogens (tertiary/aromatic N) is 3. The topological polar surface area (TPSA) is 80.0 Å². The summed E-state index contributed by atoms with van der Waals surface area (Å²) in [6, 6.07) is 6.88. The van der Waals surface area contributed by atoms with Gasteiger partial charge in [0, 0.05) is 18.9 Å². The van der Waals surface area contributed by atoms with Crippen molar-refractivity contribution >= 4 is 5.91 Å². The lowest BCUT2D eigenvalue weighted by atomic mass is 10.3. The second kappa shape index (κ2) is 5.22. The lowest BCUT2D eigenvalue weighted by Crippen LogP contribution is -2.27. The van der Waals surface area contributed by atoms with Gasteiger partial charge in [0.05, 0.1) is 6.61 Å². The Kier molecular flexibility index (Phi) is 3.46. The molecular weight excluding hydrogens is 220 g/mol. The minimum absolute atomic E-state index is 0.0927. The van der Waals surface area contributed by atoms with Crippen LogP contribution in [-0.4, -0.2) is 38.9 Å². The van der Waals surface area contributed by atoms with Gasteiger partial charge in [-0.3, -0.25) is 4.79 Å². The van der Waals surface area contributed by atoms with Crippen LogP contribution in [-0.2, 0) is 0 Å². The van der Waals surface area contributed by atoms with Crippen LogP contribution in [0.2, 0.25) is 0 Å². The zero-order chi connectivity index (χ0) is 12.1. The first-order chi connectivity index (χ1) is 8.31. The van der Waals surface area contributed by atoms with Crippen LogP contribution >= 0.6 is 0 Å². The summed E-state index contributed by atoms with van der Waals surface area (Å²) >= 11 is 0. The monoisotopic (exact) mass is 232 g/mol. The van der Waals surface area contributed by atoms with E-state index >= 15 is 0 Å². The van der Waals surface area contributed by atoms with E-state index in [-0.39, 0.29) is 19.1 Å². The summed E-state index contributed by atoms with van der Waals surface area (Å²) < 4.78 is 1.57. The molecule has 2 N–H and O–H groups in total. The van der Waals surface area contributed by atoms with Gasteiger partial charge < -0.3 is 10.4 Å². The quantitative estimate of drug-likeness (QED) is 0.777. The molecule has 0 fully saturated rings. The maximum Gasteiger partial charge on any atom is 0.270 e. The van der Waals surface area contributed by atoms with Gasteiger partial charge in [0.15, 0.2) is 5.82 Å². The van der Waals surface area contributed by atoms with Gasteiger partial charge in [-0.1, -0.05) is 6.07 Å². The first-order valence-corrected chi connectivity index (χ1v) is 5.17. The SMILES string of the molecule is O=C(NCCO)c1cccc(-n2cccn2)n1. The number of carbonyl (C=O) groups excluding carboxylic acids is 1. The van der Waals surface area contributed by atoms with Gasteiger partial charge >= 0.3 is 0 Å². The van der Waals surface area contributed by atoms with Crippen LogP contribution in [0.3, 0.4) is 0 Å². The summed E-state index contributed by atoms with van der Waals surface area (Å²) in [5.74, 6) is 0.264. The Hall–Kier alpha value is -2.21. The molecule has 0 spiro atoms. The molecule has 0 radical (unpaired) electrons. The first-order valence-electron chi connectivity index (χ1n) is 5.17. The zero-order valence-electron chi connectivity index (χ0n) is 9.08. The highest BCUT2D eigenvalue weighted by Crippen LogP contribution is 2.04. The van der Waals surface area contributed by atoms with Crippen LogP contribution in [0.15, 0.2) is 36.7 Å². The Labute approximate surface area is 97.9 Å². The number of pyridine rings is 1. The number of amides is 1. The molecule has 2 heterocycles. The van der Waals surface area contributed by atoms with Crippen LogP contribution in [0.1, 0.15) is 10.5 Å². The third-order valence-electron chi connectivity index (χ3n) is 2.10. The van der Waals surface area contributed by atoms with Crippen molar-refractivity contribution in [2.24, 2.45) is 0 Å². The van der Waals surface area contributed by atoms with E-state index in [0.717, 1.165) is 0 Å². The predicted octanol–water partition coefficient (Wildman–Crippen LogP) is -0.0106. The van der Waals surface area contributed by atoms with Gasteiger partial charge in [0.1, 0.15) is 5.69 Å². The van der Waals surface area contributed by atoms with Gasteiger partial charge in [0.25, 0.3) is 5.91 Å². The minimum atomic E-state index is -0.312. The normalized spacial score (nSPS) is 10.2. The van der Waals surface area contributed by atoms with E-state index in [1.165, 1.54) is 0 Å². The second-order valence-corrected chi connectivity index (χ2v) is 3.31. The molecule has 0 saturated heterocycles. The summed E-state index contributed by atoms with van der Waals surface area (Å²) in [4.78, 5) is 15.8. The molecule has 0 atom stereocenters. The van der Waals surface area contributed by atoms with E-state index in [1.54, 1.807) is 41.3 Å². The molecule has 0 aromatic carbocycles. The maximum absolute atomic E-state index is 11.6. The Bertz CT molecular complexity index is 496. The lowest BCUT2D eigenvalue weighted by molar-refractivity contribution is 0.0939. The Morgan fingerprint density at radius 1 is 1.41 bits per heavy atom. The standard InChI is InChI=1S/C11H12N4O2/c16-8-6-12-11(17)9-3-1-4-10(14-9)15-7-2-5-13-15/h1-5,7,16H,6,8H2,(H,12,17). The molecule has 0 saturated carbocycles. The fourth-order valence-electron chi connectivity index (χ4n) is 1.34. The number of carbonyl (C=O) groups is 1. The lowest BCUT2D eigenvalue weighted by Gasteiger charge is -2.04. The highest BCUT2D eigenvalue weighted by molar-refractivity contribution is 5.92. The Morgan fingerprint density at radius 3 is 3.00 bits per heavy atom. The number of nitrogens with one attached hydrogen (secondary N) is 1. The highest BCUT2D eigenvalue weighted by atomic mass is 16.3. The fraction of sp³-hybridized carbons (Fsp3) is 0.182. The summed E-state index contributed by atoms with van der Waals surface area (Å²) in [5.41, 5.74) is 0.298. The minimum Gasteiger partial charge on any atom is -0.395 e.